The molecule has 2 rings (SSSR count). The Bertz CT molecular complexity index is 668. The van der Waals surface area contributed by atoms with E-state index in [1.807, 2.05) is 19.1 Å². The van der Waals surface area contributed by atoms with E-state index in [0.717, 1.165) is 17.7 Å². The molecule has 0 aliphatic rings. The Labute approximate surface area is 120 Å². The summed E-state index contributed by atoms with van der Waals surface area (Å²) in [5, 5.41) is 15.9. The molecule has 21 heavy (non-hydrogen) atoms. The SMILES string of the molecule is Cc1ccc(C(=N)C(=N)c2ccc(C(F)(F)F)cc2)cc1. The normalized spacial score (nSPS) is 11.2. The van der Waals surface area contributed by atoms with Crippen LogP contribution < -0.4 is 0 Å². The molecule has 0 bridgehead atoms. The first-order valence-corrected chi connectivity index (χ1v) is 6.21. The minimum absolute atomic E-state index is 0.0187. The van der Waals surface area contributed by atoms with E-state index in [2.05, 4.69) is 0 Å². The largest absolute Gasteiger partial charge is 0.416 e. The fourth-order valence-electron chi connectivity index (χ4n) is 1.83. The average molecular weight is 290 g/mol. The van der Waals surface area contributed by atoms with Gasteiger partial charge in [-0.15, -0.1) is 0 Å². The van der Waals surface area contributed by atoms with Crippen molar-refractivity contribution in [3.8, 4) is 0 Å². The Morgan fingerprint density at radius 2 is 1.14 bits per heavy atom. The lowest BCUT2D eigenvalue weighted by Crippen LogP contribution is -2.15. The maximum Gasteiger partial charge on any atom is 0.416 e. The van der Waals surface area contributed by atoms with Crippen LogP contribution >= 0.6 is 0 Å². The third-order valence-electron chi connectivity index (χ3n) is 3.09. The summed E-state index contributed by atoms with van der Waals surface area (Å²) >= 11 is 0. The lowest BCUT2D eigenvalue weighted by atomic mass is 9.98. The van der Waals surface area contributed by atoms with Crippen molar-refractivity contribution in [2.45, 2.75) is 13.1 Å². The van der Waals surface area contributed by atoms with Gasteiger partial charge in [0.05, 0.1) is 17.0 Å². The van der Waals surface area contributed by atoms with Gasteiger partial charge >= 0.3 is 6.18 Å². The monoisotopic (exact) mass is 290 g/mol. The molecule has 0 amide bonds. The highest BCUT2D eigenvalue weighted by Crippen LogP contribution is 2.29. The van der Waals surface area contributed by atoms with E-state index >= 15 is 0 Å². The lowest BCUT2D eigenvalue weighted by Gasteiger charge is -2.09. The molecule has 2 aromatic carbocycles. The van der Waals surface area contributed by atoms with Crippen molar-refractivity contribution >= 4 is 11.4 Å². The predicted molar refractivity (Wildman–Crippen MR) is 76.3 cm³/mol. The number of halogens is 3. The first-order chi connectivity index (χ1) is 9.79. The first-order valence-electron chi connectivity index (χ1n) is 6.21. The van der Waals surface area contributed by atoms with E-state index in [-0.39, 0.29) is 17.0 Å². The second-order valence-corrected chi connectivity index (χ2v) is 4.69. The van der Waals surface area contributed by atoms with Crippen LogP contribution in [0, 0.1) is 17.7 Å². The molecule has 108 valence electrons. The molecular weight excluding hydrogens is 277 g/mol. The summed E-state index contributed by atoms with van der Waals surface area (Å²) in [4.78, 5) is 0. The van der Waals surface area contributed by atoms with Crippen molar-refractivity contribution in [1.29, 1.82) is 10.8 Å². The highest BCUT2D eigenvalue weighted by Gasteiger charge is 2.30. The van der Waals surface area contributed by atoms with Crippen LogP contribution in [0.2, 0.25) is 0 Å². The molecule has 0 heterocycles. The van der Waals surface area contributed by atoms with Crippen LogP contribution in [0.5, 0.6) is 0 Å². The topological polar surface area (TPSA) is 47.7 Å². The molecule has 0 aromatic heterocycles. The maximum atomic E-state index is 12.5. The molecule has 0 unspecified atom stereocenters. The molecule has 5 heteroatoms. The Morgan fingerprint density at radius 3 is 1.52 bits per heavy atom. The van der Waals surface area contributed by atoms with Gasteiger partial charge in [0.25, 0.3) is 0 Å². The van der Waals surface area contributed by atoms with E-state index in [1.165, 1.54) is 12.1 Å². The average Bonchev–Trinajstić information content (AvgIpc) is 2.46. The van der Waals surface area contributed by atoms with Gasteiger partial charge in [0.2, 0.25) is 0 Å². The van der Waals surface area contributed by atoms with Gasteiger partial charge in [-0.05, 0) is 19.1 Å². The van der Waals surface area contributed by atoms with Gasteiger partial charge in [-0.3, -0.25) is 10.8 Å². The molecule has 0 aliphatic carbocycles. The fraction of sp³-hybridized carbons (Fsp3) is 0.125. The van der Waals surface area contributed by atoms with Crippen LogP contribution in [0.3, 0.4) is 0 Å². The van der Waals surface area contributed by atoms with E-state index < -0.39 is 11.7 Å². The minimum Gasteiger partial charge on any atom is -0.298 e. The van der Waals surface area contributed by atoms with Crippen molar-refractivity contribution in [2.24, 2.45) is 0 Å². The van der Waals surface area contributed by atoms with Gasteiger partial charge in [0.15, 0.2) is 0 Å². The number of aryl methyl sites for hydroxylation is 1. The van der Waals surface area contributed by atoms with Crippen LogP contribution in [0.25, 0.3) is 0 Å². The summed E-state index contributed by atoms with van der Waals surface area (Å²) in [7, 11) is 0. The molecule has 0 saturated heterocycles. The number of rotatable bonds is 3. The third kappa shape index (κ3) is 3.37. The van der Waals surface area contributed by atoms with E-state index in [0.29, 0.717) is 5.56 Å². The summed E-state index contributed by atoms with van der Waals surface area (Å²) in [6.45, 7) is 1.91. The molecular formula is C16H13F3N2. The van der Waals surface area contributed by atoms with Gasteiger partial charge in [-0.1, -0.05) is 42.0 Å². The van der Waals surface area contributed by atoms with Gasteiger partial charge in [0.1, 0.15) is 0 Å². The van der Waals surface area contributed by atoms with E-state index in [9.17, 15) is 13.2 Å². The fourth-order valence-corrected chi connectivity index (χ4v) is 1.83. The highest BCUT2D eigenvalue weighted by atomic mass is 19.4. The summed E-state index contributed by atoms with van der Waals surface area (Å²) in [6, 6.07) is 11.4. The van der Waals surface area contributed by atoms with Gasteiger partial charge < -0.3 is 0 Å². The first kappa shape index (κ1) is 15.0. The molecule has 0 fully saturated rings. The Kier molecular flexibility index (Phi) is 3.93. The molecule has 2 N–H and O–H groups in total. The van der Waals surface area contributed by atoms with Crippen molar-refractivity contribution in [1.82, 2.24) is 0 Å². The zero-order valence-corrected chi connectivity index (χ0v) is 11.3. The van der Waals surface area contributed by atoms with Crippen molar-refractivity contribution in [3.63, 3.8) is 0 Å². The lowest BCUT2D eigenvalue weighted by molar-refractivity contribution is -0.137. The number of hydrogen-bond donors (Lipinski definition) is 2. The predicted octanol–water partition coefficient (Wildman–Crippen LogP) is 4.45. The molecule has 0 aliphatic heterocycles. The zero-order valence-electron chi connectivity index (χ0n) is 11.3. The summed E-state index contributed by atoms with van der Waals surface area (Å²) in [6.07, 6.45) is -4.40. The molecule has 2 nitrogen and oxygen atoms in total. The third-order valence-corrected chi connectivity index (χ3v) is 3.09. The van der Waals surface area contributed by atoms with Crippen molar-refractivity contribution in [2.75, 3.05) is 0 Å². The second kappa shape index (κ2) is 5.52. The summed E-state index contributed by atoms with van der Waals surface area (Å²) in [5.41, 5.74) is 0.995. The molecule has 0 saturated carbocycles. The van der Waals surface area contributed by atoms with Gasteiger partial charge in [-0.25, -0.2) is 0 Å². The van der Waals surface area contributed by atoms with Crippen molar-refractivity contribution in [3.05, 3.63) is 70.8 Å². The van der Waals surface area contributed by atoms with Crippen LogP contribution in [0.15, 0.2) is 48.5 Å². The summed E-state index contributed by atoms with van der Waals surface area (Å²) in [5.74, 6) is 0. The standard InChI is InChI=1S/C16H13F3N2/c1-10-2-4-11(5-3-10)14(20)15(21)12-6-8-13(9-7-12)16(17,18)19/h2-9,20-21H,1H3. The Morgan fingerprint density at radius 1 is 0.762 bits per heavy atom. The van der Waals surface area contributed by atoms with Gasteiger partial charge in [0, 0.05) is 11.1 Å². The Hall–Kier alpha value is -2.43. The zero-order chi connectivity index (χ0) is 15.6. The molecule has 0 radical (unpaired) electrons. The minimum atomic E-state index is -4.40. The maximum absolute atomic E-state index is 12.5. The smallest absolute Gasteiger partial charge is 0.298 e. The van der Waals surface area contributed by atoms with E-state index in [1.54, 1.807) is 12.1 Å². The molecule has 0 atom stereocenters. The molecule has 0 spiro atoms. The molecule has 2 aromatic rings. The van der Waals surface area contributed by atoms with Crippen LogP contribution in [-0.4, -0.2) is 11.4 Å². The summed E-state index contributed by atoms with van der Waals surface area (Å²) < 4.78 is 37.5. The van der Waals surface area contributed by atoms with Crippen LogP contribution in [-0.2, 0) is 6.18 Å². The van der Waals surface area contributed by atoms with Crippen molar-refractivity contribution < 1.29 is 13.2 Å². The number of nitrogens with one attached hydrogen (secondary N) is 2. The Balaban J connectivity index is 2.24. The number of hydrogen-bond acceptors (Lipinski definition) is 2. The van der Waals surface area contributed by atoms with Crippen LogP contribution in [0.4, 0.5) is 13.2 Å². The number of benzene rings is 2. The van der Waals surface area contributed by atoms with Gasteiger partial charge in [-0.2, -0.15) is 13.2 Å². The van der Waals surface area contributed by atoms with E-state index in [4.69, 9.17) is 10.8 Å². The number of alkyl halides is 3. The highest BCUT2D eigenvalue weighted by molar-refractivity contribution is 6.51. The second-order valence-electron chi connectivity index (χ2n) is 4.69. The quantitative estimate of drug-likeness (QED) is 0.785. The van der Waals surface area contributed by atoms with Crippen LogP contribution in [0.1, 0.15) is 22.3 Å².